The minimum Gasteiger partial charge on any atom is -0.370 e. The molecule has 1 saturated heterocycles. The van der Waals surface area contributed by atoms with Gasteiger partial charge in [-0.15, -0.1) is 24.0 Å². The van der Waals surface area contributed by atoms with Gasteiger partial charge in [0, 0.05) is 5.54 Å². The molecule has 1 aromatic rings. The number of guanidine groups is 1. The van der Waals surface area contributed by atoms with Crippen LogP contribution >= 0.6 is 24.0 Å². The lowest BCUT2D eigenvalue weighted by atomic mass is 10.0. The molecule has 4 nitrogen and oxygen atoms in total. The van der Waals surface area contributed by atoms with Gasteiger partial charge < -0.3 is 11.1 Å². The summed E-state index contributed by atoms with van der Waals surface area (Å²) in [5.74, 6) is 0.531. The highest BCUT2D eigenvalue weighted by atomic mass is 127. The van der Waals surface area contributed by atoms with Crippen LogP contribution in [0.2, 0.25) is 0 Å². The molecule has 1 heterocycles. The van der Waals surface area contributed by atoms with Gasteiger partial charge in [0.25, 0.3) is 0 Å². The molecule has 0 saturated carbocycles. The molecule has 23 heavy (non-hydrogen) atoms. The lowest BCUT2D eigenvalue weighted by Crippen LogP contribution is -2.45. The molecular weight excluding hydrogens is 399 g/mol. The Bertz CT molecular complexity index is 499. The number of halogens is 1. The van der Waals surface area contributed by atoms with Gasteiger partial charge in [0.1, 0.15) is 0 Å². The number of nitrogens with zero attached hydrogens (tertiary/aromatic N) is 2. The molecule has 1 unspecified atom stereocenters. The summed E-state index contributed by atoms with van der Waals surface area (Å²) in [4.78, 5) is 7.12. The van der Waals surface area contributed by atoms with Crippen LogP contribution in [0, 0.1) is 6.92 Å². The Morgan fingerprint density at radius 2 is 1.78 bits per heavy atom. The van der Waals surface area contributed by atoms with E-state index in [-0.39, 0.29) is 29.5 Å². The summed E-state index contributed by atoms with van der Waals surface area (Å²) in [6, 6.07) is 9.13. The van der Waals surface area contributed by atoms with E-state index in [0.29, 0.717) is 18.5 Å². The quantitative estimate of drug-likeness (QED) is 0.437. The molecular formula is C18H31IN4. The van der Waals surface area contributed by atoms with Crippen LogP contribution < -0.4 is 11.1 Å². The second kappa shape index (κ2) is 8.87. The molecule has 0 amide bonds. The zero-order valence-corrected chi connectivity index (χ0v) is 17.1. The van der Waals surface area contributed by atoms with Gasteiger partial charge in [-0.25, -0.2) is 0 Å². The van der Waals surface area contributed by atoms with Crippen LogP contribution in [0.25, 0.3) is 0 Å². The normalized spacial score (nSPS) is 17.7. The van der Waals surface area contributed by atoms with Gasteiger partial charge in [-0.1, -0.05) is 29.8 Å². The maximum Gasteiger partial charge on any atom is 0.189 e. The van der Waals surface area contributed by atoms with E-state index in [0.717, 1.165) is 13.1 Å². The standard InChI is InChI=1S/C18H30N4.HI/c1-14-7-9-15(10-8-14)16(22-11-5-6-12-22)13-20-17(19)21-18(2,3)4;/h7-10,16H,5-6,11-13H2,1-4H3,(H3,19,20,21);1H. The number of rotatable bonds is 4. The second-order valence-electron chi connectivity index (χ2n) is 7.27. The molecule has 1 aliphatic heterocycles. The molecule has 0 radical (unpaired) electrons. The van der Waals surface area contributed by atoms with Gasteiger partial charge in [0.05, 0.1) is 12.6 Å². The first-order chi connectivity index (χ1) is 10.3. The molecule has 1 atom stereocenters. The number of likely N-dealkylation sites (tertiary alicyclic amines) is 1. The van der Waals surface area contributed by atoms with Crippen LogP contribution in [0.4, 0.5) is 0 Å². The van der Waals surface area contributed by atoms with Crippen molar-refractivity contribution in [2.45, 2.75) is 52.1 Å². The molecule has 130 valence electrons. The molecule has 5 heteroatoms. The molecule has 0 spiro atoms. The minimum atomic E-state index is -0.0550. The molecule has 0 bridgehead atoms. The molecule has 0 aliphatic carbocycles. The van der Waals surface area contributed by atoms with Crippen molar-refractivity contribution in [3.8, 4) is 0 Å². The molecule has 2 rings (SSSR count). The van der Waals surface area contributed by atoms with E-state index in [9.17, 15) is 0 Å². The van der Waals surface area contributed by atoms with Crippen LogP contribution in [0.3, 0.4) is 0 Å². The van der Waals surface area contributed by atoms with Crippen molar-refractivity contribution in [1.82, 2.24) is 10.2 Å². The van der Waals surface area contributed by atoms with Crippen molar-refractivity contribution >= 4 is 29.9 Å². The van der Waals surface area contributed by atoms with Crippen LogP contribution in [0.5, 0.6) is 0 Å². The summed E-state index contributed by atoms with van der Waals surface area (Å²) in [7, 11) is 0. The smallest absolute Gasteiger partial charge is 0.189 e. The largest absolute Gasteiger partial charge is 0.370 e. The number of benzene rings is 1. The van der Waals surface area contributed by atoms with Crippen molar-refractivity contribution in [1.29, 1.82) is 0 Å². The third-order valence-corrected chi connectivity index (χ3v) is 3.98. The number of nitrogens with two attached hydrogens (primary N) is 1. The second-order valence-corrected chi connectivity index (χ2v) is 7.27. The zero-order valence-electron chi connectivity index (χ0n) is 14.8. The lowest BCUT2D eigenvalue weighted by Gasteiger charge is -2.27. The molecule has 1 aliphatic rings. The predicted molar refractivity (Wildman–Crippen MR) is 110 cm³/mol. The highest BCUT2D eigenvalue weighted by Gasteiger charge is 2.23. The fraction of sp³-hybridized carbons (Fsp3) is 0.611. The Hall–Kier alpha value is -0.820. The minimum absolute atomic E-state index is 0. The Morgan fingerprint density at radius 1 is 1.22 bits per heavy atom. The number of hydrogen-bond donors (Lipinski definition) is 2. The maximum atomic E-state index is 6.03. The lowest BCUT2D eigenvalue weighted by molar-refractivity contribution is 0.251. The summed E-state index contributed by atoms with van der Waals surface area (Å²) >= 11 is 0. The molecule has 1 aromatic carbocycles. The monoisotopic (exact) mass is 430 g/mol. The van der Waals surface area contributed by atoms with Gasteiger partial charge in [-0.2, -0.15) is 0 Å². The van der Waals surface area contributed by atoms with E-state index in [1.807, 2.05) is 0 Å². The summed E-state index contributed by atoms with van der Waals surface area (Å²) in [6.45, 7) is 11.4. The number of aliphatic imine (C=N–C) groups is 1. The fourth-order valence-electron chi connectivity index (χ4n) is 2.88. The Kier molecular flexibility index (Phi) is 7.80. The maximum absolute atomic E-state index is 6.03. The molecule has 1 fully saturated rings. The van der Waals surface area contributed by atoms with Gasteiger partial charge in [-0.3, -0.25) is 9.89 Å². The average Bonchev–Trinajstić information content (AvgIpc) is 2.93. The van der Waals surface area contributed by atoms with E-state index in [1.165, 1.54) is 24.0 Å². The van der Waals surface area contributed by atoms with E-state index >= 15 is 0 Å². The van der Waals surface area contributed by atoms with Gasteiger partial charge in [-0.05, 0) is 59.2 Å². The van der Waals surface area contributed by atoms with Crippen LogP contribution in [-0.4, -0.2) is 36.0 Å². The van der Waals surface area contributed by atoms with Crippen molar-refractivity contribution in [2.75, 3.05) is 19.6 Å². The Balaban J connectivity index is 0.00000264. The summed E-state index contributed by atoms with van der Waals surface area (Å²) < 4.78 is 0. The van der Waals surface area contributed by atoms with E-state index < -0.39 is 0 Å². The van der Waals surface area contributed by atoms with Crippen molar-refractivity contribution in [3.05, 3.63) is 35.4 Å². The fourth-order valence-corrected chi connectivity index (χ4v) is 2.88. The topological polar surface area (TPSA) is 53.6 Å². The average molecular weight is 430 g/mol. The van der Waals surface area contributed by atoms with Crippen LogP contribution in [0.1, 0.15) is 50.8 Å². The van der Waals surface area contributed by atoms with Crippen LogP contribution in [-0.2, 0) is 0 Å². The number of nitrogens with one attached hydrogen (secondary N) is 1. The third kappa shape index (κ3) is 6.67. The highest BCUT2D eigenvalue weighted by molar-refractivity contribution is 14.0. The third-order valence-electron chi connectivity index (χ3n) is 3.98. The zero-order chi connectivity index (χ0) is 16.2. The summed E-state index contributed by atoms with van der Waals surface area (Å²) in [5.41, 5.74) is 8.60. The van der Waals surface area contributed by atoms with E-state index in [2.05, 4.69) is 67.2 Å². The highest BCUT2D eigenvalue weighted by Crippen LogP contribution is 2.25. The summed E-state index contributed by atoms with van der Waals surface area (Å²) in [5, 5.41) is 3.23. The van der Waals surface area contributed by atoms with Crippen LogP contribution in [0.15, 0.2) is 29.3 Å². The molecule has 0 aromatic heterocycles. The van der Waals surface area contributed by atoms with Crippen molar-refractivity contribution in [3.63, 3.8) is 0 Å². The van der Waals surface area contributed by atoms with E-state index in [4.69, 9.17) is 5.73 Å². The van der Waals surface area contributed by atoms with Crippen molar-refractivity contribution in [2.24, 2.45) is 10.7 Å². The van der Waals surface area contributed by atoms with E-state index in [1.54, 1.807) is 0 Å². The first-order valence-corrected chi connectivity index (χ1v) is 8.24. The first kappa shape index (κ1) is 20.2. The first-order valence-electron chi connectivity index (χ1n) is 8.24. The van der Waals surface area contributed by atoms with Gasteiger partial charge in [0.2, 0.25) is 0 Å². The molecule has 3 N–H and O–H groups in total. The number of aryl methyl sites for hydroxylation is 1. The predicted octanol–water partition coefficient (Wildman–Crippen LogP) is 3.45. The van der Waals surface area contributed by atoms with Gasteiger partial charge >= 0.3 is 0 Å². The SMILES string of the molecule is Cc1ccc(C(CN=C(N)NC(C)(C)C)N2CCCC2)cc1.I. The number of hydrogen-bond acceptors (Lipinski definition) is 2. The summed E-state index contributed by atoms with van der Waals surface area (Å²) in [6.07, 6.45) is 2.56. The Morgan fingerprint density at radius 3 is 2.30 bits per heavy atom. The van der Waals surface area contributed by atoms with Gasteiger partial charge in [0.15, 0.2) is 5.96 Å². The van der Waals surface area contributed by atoms with Crippen molar-refractivity contribution < 1.29 is 0 Å². The Labute approximate surface area is 157 Å².